The lowest BCUT2D eigenvalue weighted by molar-refractivity contribution is 0.678. The Hall–Kier alpha value is -3.92. The van der Waals surface area contributed by atoms with Crippen molar-refractivity contribution in [3.05, 3.63) is 117 Å². The zero-order valence-electron chi connectivity index (χ0n) is 27.9. The van der Waals surface area contributed by atoms with Crippen LogP contribution in [-0.2, 0) is 0 Å². The summed E-state index contributed by atoms with van der Waals surface area (Å²) >= 11 is 0. The fraction of sp³-hybridized carbons (Fsp3) is 0.368. The van der Waals surface area contributed by atoms with Crippen LogP contribution in [0, 0.1) is 27.7 Å². The molecule has 42 heavy (non-hydrogen) atoms. The molecule has 0 heterocycles. The van der Waals surface area contributed by atoms with Crippen molar-refractivity contribution in [1.82, 2.24) is 0 Å². The molecule has 0 aromatic heterocycles. The molecule has 4 rings (SSSR count). The normalized spacial score (nSPS) is 11.3. The third-order valence-electron chi connectivity index (χ3n) is 8.75. The fourth-order valence-corrected chi connectivity index (χ4v) is 6.20. The second-order valence-electron chi connectivity index (χ2n) is 12.7. The largest absolute Gasteiger partial charge is 0.378 e. The molecule has 0 aliphatic heterocycles. The minimum atomic E-state index is 0.130. The van der Waals surface area contributed by atoms with Crippen molar-refractivity contribution in [1.29, 1.82) is 0 Å². The van der Waals surface area contributed by atoms with Crippen LogP contribution in [-0.4, -0.2) is 56.4 Å². The number of benzene rings is 4. The first-order valence-corrected chi connectivity index (χ1v) is 14.9. The molecule has 4 nitrogen and oxygen atoms in total. The van der Waals surface area contributed by atoms with Crippen molar-refractivity contribution in [3.8, 4) is 0 Å². The summed E-state index contributed by atoms with van der Waals surface area (Å²) in [6.45, 7) is 9.11. The number of hydrogen-bond acceptors (Lipinski definition) is 4. The Kier molecular flexibility index (Phi) is 9.25. The number of aryl methyl sites for hydroxylation is 4. The molecule has 0 unspecified atom stereocenters. The van der Waals surface area contributed by atoms with Crippen LogP contribution in [0.3, 0.4) is 0 Å². The van der Waals surface area contributed by atoms with Gasteiger partial charge in [-0.3, -0.25) is 0 Å². The molecule has 0 aliphatic rings. The average Bonchev–Trinajstić information content (AvgIpc) is 2.92. The molecular weight excluding hydrogens is 512 g/mol. The summed E-state index contributed by atoms with van der Waals surface area (Å²) in [5, 5.41) is 0. The highest BCUT2D eigenvalue weighted by Gasteiger charge is 2.32. The van der Waals surface area contributed by atoms with E-state index in [9.17, 15) is 0 Å². The van der Waals surface area contributed by atoms with E-state index in [0.29, 0.717) is 0 Å². The van der Waals surface area contributed by atoms with Crippen LogP contribution in [0.25, 0.3) is 0 Å². The van der Waals surface area contributed by atoms with Crippen molar-refractivity contribution >= 4 is 22.7 Å². The van der Waals surface area contributed by atoms with Gasteiger partial charge in [-0.2, -0.15) is 0 Å². The fourth-order valence-electron chi connectivity index (χ4n) is 6.20. The average molecular weight is 563 g/mol. The summed E-state index contributed by atoms with van der Waals surface area (Å²) in [6.07, 6.45) is 0. The van der Waals surface area contributed by atoms with Crippen molar-refractivity contribution < 1.29 is 0 Å². The highest BCUT2D eigenvalue weighted by molar-refractivity contribution is 5.61. The van der Waals surface area contributed by atoms with Crippen LogP contribution in [0.2, 0.25) is 0 Å². The second-order valence-corrected chi connectivity index (χ2v) is 12.7. The minimum absolute atomic E-state index is 0.130. The Morgan fingerprint density at radius 1 is 0.333 bits per heavy atom. The first-order chi connectivity index (χ1) is 19.8. The zero-order chi connectivity index (χ0) is 30.9. The lowest BCUT2D eigenvalue weighted by atomic mass is 9.70. The van der Waals surface area contributed by atoms with Gasteiger partial charge in [-0.25, -0.2) is 0 Å². The maximum absolute atomic E-state index is 2.37. The van der Waals surface area contributed by atoms with Crippen LogP contribution < -0.4 is 19.6 Å². The van der Waals surface area contributed by atoms with Gasteiger partial charge < -0.3 is 19.6 Å². The number of anilines is 4. The predicted molar refractivity (Wildman–Crippen MR) is 186 cm³/mol. The molecule has 0 N–H and O–H groups in total. The molecule has 0 amide bonds. The standard InChI is InChI=1S/C38H50N4/c1-25-21-29(39(5)6)13-17-33(25)37(34-18-14-30(40(7)8)22-26(34)2)38(35-19-15-31(41(9)10)23-27(35)3)36-20-16-32(42(11)12)24-28(36)4/h13-24,37-38H,1-12H3. The molecule has 222 valence electrons. The van der Waals surface area contributed by atoms with Gasteiger partial charge >= 0.3 is 0 Å². The summed E-state index contributed by atoms with van der Waals surface area (Å²) in [7, 11) is 16.9. The Morgan fingerprint density at radius 3 is 0.667 bits per heavy atom. The number of nitrogens with zero attached hydrogens (tertiary/aromatic N) is 4. The third-order valence-corrected chi connectivity index (χ3v) is 8.75. The lowest BCUT2D eigenvalue weighted by Gasteiger charge is -2.34. The first kappa shape index (κ1) is 31.0. The Bertz CT molecular complexity index is 1320. The maximum Gasteiger partial charge on any atom is 0.0363 e. The summed E-state index contributed by atoms with van der Waals surface area (Å²) in [5.74, 6) is 0.260. The Morgan fingerprint density at radius 2 is 0.524 bits per heavy atom. The van der Waals surface area contributed by atoms with E-state index in [4.69, 9.17) is 0 Å². The van der Waals surface area contributed by atoms with Gasteiger partial charge in [-0.15, -0.1) is 0 Å². The van der Waals surface area contributed by atoms with E-state index in [2.05, 4.69) is 176 Å². The van der Waals surface area contributed by atoms with E-state index in [-0.39, 0.29) is 11.8 Å². The van der Waals surface area contributed by atoms with E-state index in [0.717, 1.165) is 0 Å². The maximum atomic E-state index is 2.37. The topological polar surface area (TPSA) is 13.0 Å². The summed E-state index contributed by atoms with van der Waals surface area (Å²) in [4.78, 5) is 8.76. The van der Waals surface area contributed by atoms with Gasteiger partial charge in [0, 0.05) is 91.0 Å². The van der Waals surface area contributed by atoms with Gasteiger partial charge in [-0.1, -0.05) is 24.3 Å². The Balaban J connectivity index is 2.08. The highest BCUT2D eigenvalue weighted by Crippen LogP contribution is 2.48. The summed E-state index contributed by atoms with van der Waals surface area (Å²) < 4.78 is 0. The third kappa shape index (κ3) is 6.28. The van der Waals surface area contributed by atoms with E-state index in [1.54, 1.807) is 0 Å². The summed E-state index contributed by atoms with van der Waals surface area (Å²) in [6, 6.07) is 28.0. The van der Waals surface area contributed by atoms with Gasteiger partial charge in [-0.05, 0) is 121 Å². The van der Waals surface area contributed by atoms with Crippen molar-refractivity contribution in [3.63, 3.8) is 0 Å². The van der Waals surface area contributed by atoms with Crippen molar-refractivity contribution in [2.24, 2.45) is 0 Å². The number of hydrogen-bond donors (Lipinski definition) is 0. The van der Waals surface area contributed by atoms with Gasteiger partial charge in [0.1, 0.15) is 0 Å². The Labute approximate surface area is 255 Å². The van der Waals surface area contributed by atoms with Gasteiger partial charge in [0.25, 0.3) is 0 Å². The molecule has 0 radical (unpaired) electrons. The molecule has 4 aromatic carbocycles. The lowest BCUT2D eigenvalue weighted by Crippen LogP contribution is -2.20. The first-order valence-electron chi connectivity index (χ1n) is 14.9. The zero-order valence-corrected chi connectivity index (χ0v) is 27.9. The molecule has 4 aromatic rings. The molecule has 0 atom stereocenters. The summed E-state index contributed by atoms with van der Waals surface area (Å²) in [5.41, 5.74) is 15.7. The van der Waals surface area contributed by atoms with E-state index in [1.165, 1.54) is 67.3 Å². The van der Waals surface area contributed by atoms with E-state index < -0.39 is 0 Å². The van der Waals surface area contributed by atoms with Crippen LogP contribution in [0.1, 0.15) is 56.3 Å². The van der Waals surface area contributed by atoms with Crippen LogP contribution in [0.15, 0.2) is 72.8 Å². The van der Waals surface area contributed by atoms with Crippen LogP contribution in [0.5, 0.6) is 0 Å². The smallest absolute Gasteiger partial charge is 0.0363 e. The monoisotopic (exact) mass is 562 g/mol. The quantitative estimate of drug-likeness (QED) is 0.204. The van der Waals surface area contributed by atoms with Gasteiger partial charge in [0.05, 0.1) is 0 Å². The van der Waals surface area contributed by atoms with Crippen LogP contribution in [0.4, 0.5) is 22.7 Å². The van der Waals surface area contributed by atoms with E-state index in [1.807, 2.05) is 0 Å². The van der Waals surface area contributed by atoms with Crippen LogP contribution >= 0.6 is 0 Å². The van der Waals surface area contributed by atoms with E-state index >= 15 is 0 Å². The highest BCUT2D eigenvalue weighted by atomic mass is 15.1. The SMILES string of the molecule is Cc1cc(N(C)C)ccc1C(c1ccc(N(C)C)cc1C)C(c1ccc(N(C)C)cc1C)c1ccc(N(C)C)cc1C. The van der Waals surface area contributed by atoms with Gasteiger partial charge in [0.2, 0.25) is 0 Å². The second kappa shape index (κ2) is 12.5. The molecule has 0 bridgehead atoms. The molecular formula is C38H50N4. The molecule has 0 saturated carbocycles. The molecule has 0 saturated heterocycles. The molecule has 0 aliphatic carbocycles. The van der Waals surface area contributed by atoms with Crippen molar-refractivity contribution in [2.75, 3.05) is 76.0 Å². The number of rotatable bonds is 9. The van der Waals surface area contributed by atoms with Gasteiger partial charge in [0.15, 0.2) is 0 Å². The molecule has 4 heteroatoms. The predicted octanol–water partition coefficient (Wildman–Crippen LogP) is 8.15. The van der Waals surface area contributed by atoms with Crippen molar-refractivity contribution in [2.45, 2.75) is 39.5 Å². The molecule has 0 fully saturated rings. The minimum Gasteiger partial charge on any atom is -0.378 e. The molecule has 0 spiro atoms.